The van der Waals surface area contributed by atoms with Crippen molar-refractivity contribution in [3.05, 3.63) is 4.77 Å². The van der Waals surface area contributed by atoms with E-state index in [0.29, 0.717) is 16.7 Å². The Kier molecular flexibility index (Phi) is 2.41. The first-order valence-corrected chi connectivity index (χ1v) is 4.77. The fraction of sp³-hybridized carbons (Fsp3) is 0.857. The number of aromatic nitrogens is 4. The van der Waals surface area contributed by atoms with Gasteiger partial charge in [-0.05, 0) is 25.6 Å². The summed E-state index contributed by atoms with van der Waals surface area (Å²) in [6.07, 6.45) is 1.09. The van der Waals surface area contributed by atoms with Crippen molar-refractivity contribution in [3.8, 4) is 0 Å². The maximum atomic E-state index is 5.31. The van der Waals surface area contributed by atoms with Crippen LogP contribution in [0.5, 0.6) is 0 Å². The molecule has 1 aliphatic heterocycles. The molecule has 0 aromatic carbocycles. The second kappa shape index (κ2) is 3.55. The van der Waals surface area contributed by atoms with Crippen LogP contribution < -0.4 is 0 Å². The lowest BCUT2D eigenvalue weighted by molar-refractivity contribution is 0.172. The number of ether oxygens (including phenoxy) is 1. The largest absolute Gasteiger partial charge is 0.381 e. The third kappa shape index (κ3) is 1.64. The van der Waals surface area contributed by atoms with Crippen LogP contribution in [0.3, 0.4) is 0 Å². The van der Waals surface area contributed by atoms with E-state index < -0.39 is 0 Å². The molecule has 2 unspecified atom stereocenters. The summed E-state index contributed by atoms with van der Waals surface area (Å²) in [6.45, 7) is 3.76. The Morgan fingerprint density at radius 3 is 3.15 bits per heavy atom. The lowest BCUT2D eigenvalue weighted by atomic mass is 10.0. The summed E-state index contributed by atoms with van der Waals surface area (Å²) >= 11 is 5.01. The molecule has 0 radical (unpaired) electrons. The molecule has 1 aromatic rings. The monoisotopic (exact) mass is 200 g/mol. The van der Waals surface area contributed by atoms with Crippen molar-refractivity contribution < 1.29 is 4.74 Å². The summed E-state index contributed by atoms with van der Waals surface area (Å²) < 4.78 is 7.64. The lowest BCUT2D eigenvalue weighted by Gasteiger charge is -2.17. The Hall–Kier alpha value is -0.750. The zero-order valence-electron chi connectivity index (χ0n) is 7.43. The molecule has 13 heavy (non-hydrogen) atoms. The molecule has 1 saturated heterocycles. The molecule has 5 nitrogen and oxygen atoms in total. The van der Waals surface area contributed by atoms with Crippen molar-refractivity contribution in [1.29, 1.82) is 0 Å². The molecule has 72 valence electrons. The maximum Gasteiger partial charge on any atom is 0.238 e. The molecule has 0 amide bonds. The summed E-state index contributed by atoms with van der Waals surface area (Å²) in [7, 11) is 0. The van der Waals surface area contributed by atoms with Gasteiger partial charge in [-0.2, -0.15) is 5.21 Å². The zero-order chi connectivity index (χ0) is 9.26. The highest BCUT2D eigenvalue weighted by Crippen LogP contribution is 2.24. The quantitative estimate of drug-likeness (QED) is 0.722. The van der Waals surface area contributed by atoms with Gasteiger partial charge in [0.2, 0.25) is 4.77 Å². The van der Waals surface area contributed by atoms with E-state index in [-0.39, 0.29) is 0 Å². The van der Waals surface area contributed by atoms with E-state index in [0.717, 1.165) is 19.6 Å². The van der Waals surface area contributed by atoms with Crippen molar-refractivity contribution in [2.75, 3.05) is 13.2 Å². The molecule has 2 atom stereocenters. The van der Waals surface area contributed by atoms with Crippen LogP contribution in [0, 0.1) is 10.7 Å². The van der Waals surface area contributed by atoms with Gasteiger partial charge in [-0.25, -0.2) is 4.68 Å². The van der Waals surface area contributed by atoms with Gasteiger partial charge in [-0.1, -0.05) is 10.3 Å². The fourth-order valence-electron chi connectivity index (χ4n) is 1.61. The van der Waals surface area contributed by atoms with Gasteiger partial charge in [0.15, 0.2) is 0 Å². The number of hydrogen-bond donors (Lipinski definition) is 1. The molecule has 1 N–H and O–H groups in total. The number of aromatic amines is 1. The summed E-state index contributed by atoms with van der Waals surface area (Å²) in [6, 6.07) is 0.296. The Morgan fingerprint density at radius 1 is 1.77 bits per heavy atom. The Bertz CT molecular complexity index is 327. The molecule has 0 saturated carbocycles. The zero-order valence-corrected chi connectivity index (χ0v) is 8.25. The van der Waals surface area contributed by atoms with Crippen molar-refractivity contribution in [2.45, 2.75) is 19.4 Å². The average molecular weight is 200 g/mol. The van der Waals surface area contributed by atoms with E-state index in [1.54, 1.807) is 0 Å². The maximum absolute atomic E-state index is 5.31. The van der Waals surface area contributed by atoms with Gasteiger partial charge in [0.05, 0.1) is 12.6 Å². The minimum atomic E-state index is 0.296. The molecular formula is C7H12N4OS. The highest BCUT2D eigenvalue weighted by atomic mass is 32.1. The minimum absolute atomic E-state index is 0.296. The molecule has 0 aliphatic carbocycles. The first-order valence-electron chi connectivity index (χ1n) is 4.36. The smallest absolute Gasteiger partial charge is 0.238 e. The lowest BCUT2D eigenvalue weighted by Crippen LogP contribution is -2.18. The van der Waals surface area contributed by atoms with Crippen LogP contribution >= 0.6 is 12.2 Å². The van der Waals surface area contributed by atoms with Crippen LogP contribution in [-0.2, 0) is 4.74 Å². The molecule has 6 heteroatoms. The second-order valence-corrected chi connectivity index (χ2v) is 3.68. The van der Waals surface area contributed by atoms with Gasteiger partial charge in [-0.15, -0.1) is 0 Å². The molecule has 0 bridgehead atoms. The standard InChI is InChI=1S/C7H12N4OS/c1-5(6-2-3-12-4-6)11-7(13)8-9-10-11/h5-6H,2-4H2,1H3,(H,8,10,13). The van der Waals surface area contributed by atoms with Crippen LogP contribution in [0.15, 0.2) is 0 Å². The van der Waals surface area contributed by atoms with Crippen LogP contribution in [0.2, 0.25) is 0 Å². The topological polar surface area (TPSA) is 55.7 Å². The Balaban J connectivity index is 2.16. The van der Waals surface area contributed by atoms with Crippen LogP contribution in [0.4, 0.5) is 0 Å². The molecule has 1 fully saturated rings. The van der Waals surface area contributed by atoms with Crippen LogP contribution in [0.25, 0.3) is 0 Å². The van der Waals surface area contributed by atoms with E-state index in [2.05, 4.69) is 22.4 Å². The number of tetrazole rings is 1. The molecule has 1 aliphatic rings. The highest BCUT2D eigenvalue weighted by Gasteiger charge is 2.24. The van der Waals surface area contributed by atoms with Gasteiger partial charge >= 0.3 is 0 Å². The van der Waals surface area contributed by atoms with Crippen molar-refractivity contribution in [2.24, 2.45) is 5.92 Å². The molecule has 1 aromatic heterocycles. The normalized spacial score (nSPS) is 24.8. The van der Waals surface area contributed by atoms with Gasteiger partial charge in [-0.3, -0.25) is 0 Å². The van der Waals surface area contributed by atoms with Gasteiger partial charge in [0.25, 0.3) is 0 Å². The summed E-state index contributed by atoms with van der Waals surface area (Å²) in [4.78, 5) is 0. The summed E-state index contributed by atoms with van der Waals surface area (Å²) in [5.41, 5.74) is 0. The predicted octanol–water partition coefficient (Wildman–Crippen LogP) is 0.933. The number of H-pyrrole nitrogens is 1. The SMILES string of the molecule is CC(C1CCOC1)n1[nH]nnc1=S. The highest BCUT2D eigenvalue weighted by molar-refractivity contribution is 7.71. The van der Waals surface area contributed by atoms with Crippen molar-refractivity contribution in [3.63, 3.8) is 0 Å². The molecule has 0 spiro atoms. The van der Waals surface area contributed by atoms with E-state index in [9.17, 15) is 0 Å². The van der Waals surface area contributed by atoms with E-state index in [4.69, 9.17) is 17.0 Å². The number of nitrogens with one attached hydrogen (secondary N) is 1. The number of hydrogen-bond acceptors (Lipinski definition) is 4. The average Bonchev–Trinajstić information content (AvgIpc) is 2.72. The van der Waals surface area contributed by atoms with E-state index >= 15 is 0 Å². The predicted molar refractivity (Wildman–Crippen MR) is 48.8 cm³/mol. The number of rotatable bonds is 2. The molecule has 2 rings (SSSR count). The first-order chi connectivity index (χ1) is 6.29. The Morgan fingerprint density at radius 2 is 2.62 bits per heavy atom. The van der Waals surface area contributed by atoms with Gasteiger partial charge in [0, 0.05) is 12.5 Å². The third-order valence-corrected chi connectivity index (χ3v) is 2.83. The summed E-state index contributed by atoms with van der Waals surface area (Å²) in [5, 5.41) is 10.2. The number of nitrogens with zero attached hydrogens (tertiary/aromatic N) is 3. The third-order valence-electron chi connectivity index (χ3n) is 2.55. The van der Waals surface area contributed by atoms with Crippen LogP contribution in [0.1, 0.15) is 19.4 Å². The minimum Gasteiger partial charge on any atom is -0.381 e. The van der Waals surface area contributed by atoms with E-state index in [1.165, 1.54) is 0 Å². The van der Waals surface area contributed by atoms with Gasteiger partial charge < -0.3 is 4.74 Å². The Labute approximate surface area is 81.1 Å². The molecule has 2 heterocycles. The van der Waals surface area contributed by atoms with Crippen LogP contribution in [-0.4, -0.2) is 33.4 Å². The van der Waals surface area contributed by atoms with Gasteiger partial charge in [0.1, 0.15) is 0 Å². The first kappa shape index (κ1) is 8.83. The fourth-order valence-corrected chi connectivity index (χ4v) is 1.86. The second-order valence-electron chi connectivity index (χ2n) is 3.32. The molecular weight excluding hydrogens is 188 g/mol. The van der Waals surface area contributed by atoms with Crippen molar-refractivity contribution >= 4 is 12.2 Å². The van der Waals surface area contributed by atoms with E-state index in [1.807, 2.05) is 4.68 Å². The summed E-state index contributed by atoms with van der Waals surface area (Å²) in [5.74, 6) is 0.522. The van der Waals surface area contributed by atoms with Crippen molar-refractivity contribution in [1.82, 2.24) is 20.2 Å².